The molecule has 86 valence electrons. The molecule has 0 saturated heterocycles. The van der Waals surface area contributed by atoms with Crippen molar-refractivity contribution in [3.8, 4) is 0 Å². The van der Waals surface area contributed by atoms with Crippen LogP contribution in [-0.4, -0.2) is 22.5 Å². The van der Waals surface area contributed by atoms with Gasteiger partial charge in [-0.3, -0.25) is 0 Å². The maximum Gasteiger partial charge on any atom is 0.339 e. The van der Waals surface area contributed by atoms with Crippen molar-refractivity contribution in [2.45, 2.75) is 6.92 Å². The molecule has 2 aromatic rings. The summed E-state index contributed by atoms with van der Waals surface area (Å²) < 4.78 is 4.87. The fourth-order valence-corrected chi connectivity index (χ4v) is 1.56. The first-order valence-corrected chi connectivity index (χ1v) is 4.90. The number of nitrogens with zero attached hydrogens (tertiary/aromatic N) is 1. The Balaban J connectivity index is 0.00000128. The summed E-state index contributed by atoms with van der Waals surface area (Å²) >= 11 is 5.94. The molecule has 0 radical (unpaired) electrons. The first kappa shape index (κ1) is 12.8. The molecule has 0 unspecified atom stereocenters. The third-order valence-electron chi connectivity index (χ3n) is 2.00. The van der Waals surface area contributed by atoms with Gasteiger partial charge < -0.3 is 9.72 Å². The molecule has 0 amide bonds. The number of ether oxygens (including phenoxy) is 1. The van der Waals surface area contributed by atoms with E-state index in [1.807, 2.05) is 0 Å². The fraction of sp³-hybridized carbons (Fsp3) is 0.200. The zero-order valence-corrected chi connectivity index (χ0v) is 10.1. The number of hydrogen-bond acceptors (Lipinski definition) is 3. The van der Waals surface area contributed by atoms with E-state index in [-0.39, 0.29) is 12.4 Å². The first-order chi connectivity index (χ1) is 7.22. The van der Waals surface area contributed by atoms with Crippen LogP contribution in [0, 0.1) is 0 Å². The molecule has 1 N–H and O–H groups in total. The Kier molecular flexibility index (Phi) is 4.15. The average Bonchev–Trinajstić information content (AvgIpc) is 2.63. The molecule has 1 aromatic carbocycles. The second-order valence-electron chi connectivity index (χ2n) is 2.97. The zero-order valence-electron chi connectivity index (χ0n) is 8.49. The zero-order chi connectivity index (χ0) is 10.8. The number of H-pyrrole nitrogens is 1. The van der Waals surface area contributed by atoms with Gasteiger partial charge in [0.15, 0.2) is 0 Å². The molecule has 0 fully saturated rings. The molecule has 1 heterocycles. The maximum absolute atomic E-state index is 11.5. The standard InChI is InChI=1S/C10H9ClN2O2.ClH/c1-2-15-10(14)6-3-8-9(4-7(6)11)13-5-12-8;/h3-5H,2H2,1H3,(H,12,13);1H. The number of carbonyl (C=O) groups excluding carboxylic acids is 1. The minimum absolute atomic E-state index is 0. The molecule has 6 heteroatoms. The summed E-state index contributed by atoms with van der Waals surface area (Å²) in [4.78, 5) is 18.4. The van der Waals surface area contributed by atoms with Crippen LogP contribution in [0.15, 0.2) is 18.5 Å². The van der Waals surface area contributed by atoms with Gasteiger partial charge in [-0.1, -0.05) is 11.6 Å². The minimum Gasteiger partial charge on any atom is -0.462 e. The number of aromatic nitrogens is 2. The highest BCUT2D eigenvalue weighted by Gasteiger charge is 2.13. The van der Waals surface area contributed by atoms with Crippen LogP contribution in [0.5, 0.6) is 0 Å². The summed E-state index contributed by atoms with van der Waals surface area (Å²) in [5, 5.41) is 0.366. The average molecular weight is 261 g/mol. The van der Waals surface area contributed by atoms with E-state index in [0.717, 1.165) is 5.52 Å². The smallest absolute Gasteiger partial charge is 0.339 e. The Morgan fingerprint density at radius 3 is 3.00 bits per heavy atom. The number of imidazole rings is 1. The Hall–Kier alpha value is -1.26. The van der Waals surface area contributed by atoms with Crippen LogP contribution < -0.4 is 0 Å². The van der Waals surface area contributed by atoms with Crippen LogP contribution in [0.2, 0.25) is 5.02 Å². The third-order valence-corrected chi connectivity index (χ3v) is 2.32. The maximum atomic E-state index is 11.5. The van der Waals surface area contributed by atoms with E-state index in [9.17, 15) is 4.79 Å². The number of esters is 1. The van der Waals surface area contributed by atoms with E-state index < -0.39 is 5.97 Å². The van der Waals surface area contributed by atoms with E-state index in [1.54, 1.807) is 25.4 Å². The monoisotopic (exact) mass is 260 g/mol. The van der Waals surface area contributed by atoms with Gasteiger partial charge in [0.25, 0.3) is 0 Å². The van der Waals surface area contributed by atoms with Gasteiger partial charge in [-0.2, -0.15) is 0 Å². The lowest BCUT2D eigenvalue weighted by molar-refractivity contribution is 0.0527. The quantitative estimate of drug-likeness (QED) is 0.845. The lowest BCUT2D eigenvalue weighted by Gasteiger charge is -2.03. The molecule has 2 rings (SSSR count). The normalized spacial score (nSPS) is 9.88. The SMILES string of the molecule is CCOC(=O)c1cc2nc[nH]c2cc1Cl.Cl. The van der Waals surface area contributed by atoms with Gasteiger partial charge in [0.2, 0.25) is 0 Å². The molecule has 4 nitrogen and oxygen atoms in total. The van der Waals surface area contributed by atoms with Gasteiger partial charge in [0.1, 0.15) is 0 Å². The summed E-state index contributed by atoms with van der Waals surface area (Å²) in [6.45, 7) is 2.08. The van der Waals surface area contributed by atoms with Crippen molar-refractivity contribution in [2.24, 2.45) is 0 Å². The van der Waals surface area contributed by atoms with Crippen LogP contribution in [-0.2, 0) is 4.74 Å². The topological polar surface area (TPSA) is 55.0 Å². The highest BCUT2D eigenvalue weighted by atomic mass is 35.5. The molecule has 16 heavy (non-hydrogen) atoms. The van der Waals surface area contributed by atoms with Crippen molar-refractivity contribution in [2.75, 3.05) is 6.61 Å². The molecule has 0 bridgehead atoms. The van der Waals surface area contributed by atoms with E-state index in [0.29, 0.717) is 22.7 Å². The number of nitrogens with one attached hydrogen (secondary N) is 1. The first-order valence-electron chi connectivity index (χ1n) is 4.52. The highest BCUT2D eigenvalue weighted by Crippen LogP contribution is 2.22. The number of carbonyl (C=O) groups is 1. The minimum atomic E-state index is -0.424. The van der Waals surface area contributed by atoms with Crippen molar-refractivity contribution in [1.82, 2.24) is 9.97 Å². The van der Waals surface area contributed by atoms with Crippen LogP contribution in [0.1, 0.15) is 17.3 Å². The summed E-state index contributed by atoms with van der Waals surface area (Å²) in [7, 11) is 0. The van der Waals surface area contributed by atoms with Crippen molar-refractivity contribution in [3.63, 3.8) is 0 Å². The third kappa shape index (κ3) is 2.28. The number of aromatic amines is 1. The molecular weight excluding hydrogens is 251 g/mol. The fourth-order valence-electron chi connectivity index (χ4n) is 1.32. The van der Waals surface area contributed by atoms with E-state index in [1.165, 1.54) is 0 Å². The Morgan fingerprint density at radius 2 is 2.31 bits per heavy atom. The van der Waals surface area contributed by atoms with Gasteiger partial charge in [-0.25, -0.2) is 9.78 Å². The van der Waals surface area contributed by atoms with E-state index >= 15 is 0 Å². The predicted octanol–water partition coefficient (Wildman–Crippen LogP) is 2.81. The Bertz CT molecular complexity index is 510. The van der Waals surface area contributed by atoms with Crippen molar-refractivity contribution >= 4 is 41.0 Å². The summed E-state index contributed by atoms with van der Waals surface area (Å²) in [6, 6.07) is 3.28. The molecule has 0 atom stereocenters. The van der Waals surface area contributed by atoms with Gasteiger partial charge in [-0.15, -0.1) is 12.4 Å². The largest absolute Gasteiger partial charge is 0.462 e. The van der Waals surface area contributed by atoms with Crippen molar-refractivity contribution in [3.05, 3.63) is 29.0 Å². The number of rotatable bonds is 2. The summed E-state index contributed by atoms with van der Waals surface area (Å²) in [5.74, 6) is -0.424. The van der Waals surface area contributed by atoms with Crippen LogP contribution in [0.25, 0.3) is 11.0 Å². The number of hydrogen-bond donors (Lipinski definition) is 1. The molecule has 0 aliphatic heterocycles. The van der Waals surface area contributed by atoms with Gasteiger partial charge in [0, 0.05) is 0 Å². The van der Waals surface area contributed by atoms with Gasteiger partial charge in [-0.05, 0) is 19.1 Å². The highest BCUT2D eigenvalue weighted by molar-refractivity contribution is 6.34. The number of halogens is 2. The number of benzene rings is 1. The molecule has 1 aromatic heterocycles. The van der Waals surface area contributed by atoms with Crippen molar-refractivity contribution < 1.29 is 9.53 Å². The van der Waals surface area contributed by atoms with Crippen LogP contribution in [0.4, 0.5) is 0 Å². The van der Waals surface area contributed by atoms with Gasteiger partial charge >= 0.3 is 5.97 Å². The Labute approximate surface area is 103 Å². The van der Waals surface area contributed by atoms with E-state index in [2.05, 4.69) is 9.97 Å². The second-order valence-corrected chi connectivity index (χ2v) is 3.38. The second kappa shape index (κ2) is 5.18. The summed E-state index contributed by atoms with van der Waals surface area (Å²) in [6.07, 6.45) is 1.55. The lowest BCUT2D eigenvalue weighted by Crippen LogP contribution is -2.05. The summed E-state index contributed by atoms with van der Waals surface area (Å²) in [5.41, 5.74) is 1.84. The van der Waals surface area contributed by atoms with Crippen LogP contribution >= 0.6 is 24.0 Å². The lowest BCUT2D eigenvalue weighted by atomic mass is 10.2. The molecule has 0 saturated carbocycles. The predicted molar refractivity (Wildman–Crippen MR) is 64.3 cm³/mol. The number of fused-ring (bicyclic) bond motifs is 1. The molecule has 0 spiro atoms. The Morgan fingerprint density at radius 1 is 1.56 bits per heavy atom. The molecule has 0 aliphatic carbocycles. The molecular formula is C10H10Cl2N2O2. The van der Waals surface area contributed by atoms with Crippen molar-refractivity contribution in [1.29, 1.82) is 0 Å². The van der Waals surface area contributed by atoms with Gasteiger partial charge in [0.05, 0.1) is 34.6 Å². The van der Waals surface area contributed by atoms with E-state index in [4.69, 9.17) is 16.3 Å². The van der Waals surface area contributed by atoms with Crippen LogP contribution in [0.3, 0.4) is 0 Å². The molecule has 0 aliphatic rings.